The third-order valence-corrected chi connectivity index (χ3v) is 2.42. The van der Waals surface area contributed by atoms with Gasteiger partial charge in [0.05, 0.1) is 24.7 Å². The zero-order chi connectivity index (χ0) is 9.10. The highest BCUT2D eigenvalue weighted by Gasteiger charge is 2.26. The second kappa shape index (κ2) is 3.91. The Kier molecular flexibility index (Phi) is 2.63. The molecule has 1 saturated heterocycles. The average Bonchev–Trinajstić information content (AvgIpc) is 2.76. The summed E-state index contributed by atoms with van der Waals surface area (Å²) in [4.78, 5) is 0. The summed E-state index contributed by atoms with van der Waals surface area (Å²) < 4.78 is 10.6. The molecule has 0 radical (unpaired) electrons. The minimum Gasteiger partial charge on any atom is -0.472 e. The van der Waals surface area contributed by atoms with Crippen LogP contribution in [0.5, 0.6) is 0 Å². The van der Waals surface area contributed by atoms with Crippen molar-refractivity contribution in [2.45, 2.75) is 25.0 Å². The van der Waals surface area contributed by atoms with Crippen LogP contribution in [0.4, 0.5) is 0 Å². The summed E-state index contributed by atoms with van der Waals surface area (Å²) in [7, 11) is 0. The van der Waals surface area contributed by atoms with Crippen LogP contribution in [0, 0.1) is 0 Å². The van der Waals surface area contributed by atoms with E-state index in [1.54, 1.807) is 12.5 Å². The Morgan fingerprint density at radius 3 is 3.08 bits per heavy atom. The summed E-state index contributed by atoms with van der Waals surface area (Å²) in [5.74, 6) is 5.47. The Bertz CT molecular complexity index is 242. The molecule has 4 heteroatoms. The first-order chi connectivity index (χ1) is 6.42. The first-order valence-electron chi connectivity index (χ1n) is 4.51. The average molecular weight is 182 g/mol. The minimum atomic E-state index is 0.0567. The number of nitrogens with two attached hydrogens (primary N) is 1. The van der Waals surface area contributed by atoms with Gasteiger partial charge in [-0.2, -0.15) is 0 Å². The molecule has 2 heterocycles. The van der Waals surface area contributed by atoms with Crippen molar-refractivity contribution >= 4 is 0 Å². The van der Waals surface area contributed by atoms with Crippen LogP contribution in [0.2, 0.25) is 0 Å². The number of ether oxygens (including phenoxy) is 1. The summed E-state index contributed by atoms with van der Waals surface area (Å²) in [5, 5.41) is 0. The van der Waals surface area contributed by atoms with E-state index in [1.807, 2.05) is 6.07 Å². The number of hydrazine groups is 1. The second-order valence-electron chi connectivity index (χ2n) is 3.25. The number of hydrogen-bond donors (Lipinski definition) is 2. The summed E-state index contributed by atoms with van der Waals surface area (Å²) in [5.41, 5.74) is 3.81. The van der Waals surface area contributed by atoms with Gasteiger partial charge in [0.15, 0.2) is 0 Å². The molecule has 0 aromatic carbocycles. The maximum absolute atomic E-state index is 5.55. The van der Waals surface area contributed by atoms with Crippen molar-refractivity contribution in [1.82, 2.24) is 5.43 Å². The molecule has 13 heavy (non-hydrogen) atoms. The molecule has 4 nitrogen and oxygen atoms in total. The number of furan rings is 1. The summed E-state index contributed by atoms with van der Waals surface area (Å²) in [6, 6.07) is 1.97. The molecule has 0 amide bonds. The molecule has 72 valence electrons. The molecule has 1 aromatic heterocycles. The molecule has 1 aliphatic heterocycles. The van der Waals surface area contributed by atoms with Crippen molar-refractivity contribution in [3.05, 3.63) is 24.2 Å². The fourth-order valence-corrected chi connectivity index (χ4v) is 1.74. The monoisotopic (exact) mass is 182 g/mol. The highest BCUT2D eigenvalue weighted by Crippen LogP contribution is 2.26. The zero-order valence-corrected chi connectivity index (χ0v) is 7.40. The molecule has 2 atom stereocenters. The van der Waals surface area contributed by atoms with Crippen molar-refractivity contribution in [2.24, 2.45) is 5.84 Å². The molecule has 1 aliphatic rings. The third-order valence-electron chi connectivity index (χ3n) is 2.42. The molecule has 1 aromatic rings. The van der Waals surface area contributed by atoms with Gasteiger partial charge in [-0.15, -0.1) is 0 Å². The predicted octanol–water partition coefficient (Wildman–Crippen LogP) is 0.963. The molecule has 2 rings (SSSR count). The Morgan fingerprint density at radius 2 is 2.54 bits per heavy atom. The van der Waals surface area contributed by atoms with Crippen molar-refractivity contribution in [2.75, 3.05) is 6.61 Å². The molecular weight excluding hydrogens is 168 g/mol. The second-order valence-corrected chi connectivity index (χ2v) is 3.25. The Morgan fingerprint density at radius 1 is 1.62 bits per heavy atom. The van der Waals surface area contributed by atoms with E-state index in [0.717, 1.165) is 25.0 Å². The van der Waals surface area contributed by atoms with E-state index in [1.165, 1.54) is 0 Å². The van der Waals surface area contributed by atoms with Gasteiger partial charge >= 0.3 is 0 Å². The van der Waals surface area contributed by atoms with Gasteiger partial charge in [-0.1, -0.05) is 0 Å². The van der Waals surface area contributed by atoms with Crippen LogP contribution in [0.25, 0.3) is 0 Å². The first-order valence-corrected chi connectivity index (χ1v) is 4.51. The van der Waals surface area contributed by atoms with Gasteiger partial charge < -0.3 is 9.15 Å². The summed E-state index contributed by atoms with van der Waals surface area (Å²) in [6.45, 7) is 0.834. The van der Waals surface area contributed by atoms with E-state index in [2.05, 4.69) is 5.43 Å². The van der Waals surface area contributed by atoms with Gasteiger partial charge in [-0.25, -0.2) is 0 Å². The molecule has 2 unspecified atom stereocenters. The predicted molar refractivity (Wildman–Crippen MR) is 47.7 cm³/mol. The van der Waals surface area contributed by atoms with E-state index in [4.69, 9.17) is 15.0 Å². The lowest BCUT2D eigenvalue weighted by atomic mass is 10.0. The summed E-state index contributed by atoms with van der Waals surface area (Å²) in [6.07, 6.45) is 5.70. The SMILES string of the molecule is NNC(c1ccoc1)C1CCCO1. The van der Waals surface area contributed by atoms with Crippen LogP contribution in [0.3, 0.4) is 0 Å². The first kappa shape index (κ1) is 8.74. The lowest BCUT2D eigenvalue weighted by Gasteiger charge is -2.20. The molecule has 0 saturated carbocycles. The quantitative estimate of drug-likeness (QED) is 0.540. The van der Waals surface area contributed by atoms with E-state index < -0.39 is 0 Å². The van der Waals surface area contributed by atoms with Gasteiger partial charge in [0.25, 0.3) is 0 Å². The van der Waals surface area contributed by atoms with Crippen LogP contribution in [-0.4, -0.2) is 12.7 Å². The van der Waals surface area contributed by atoms with Crippen molar-refractivity contribution < 1.29 is 9.15 Å². The normalized spacial score (nSPS) is 24.8. The van der Waals surface area contributed by atoms with Gasteiger partial charge in [0.2, 0.25) is 0 Å². The fourth-order valence-electron chi connectivity index (χ4n) is 1.74. The fraction of sp³-hybridized carbons (Fsp3) is 0.556. The van der Waals surface area contributed by atoms with Crippen molar-refractivity contribution in [3.63, 3.8) is 0 Å². The Balaban J connectivity index is 2.08. The largest absolute Gasteiger partial charge is 0.472 e. The summed E-state index contributed by atoms with van der Waals surface area (Å²) >= 11 is 0. The molecule has 0 spiro atoms. The van der Waals surface area contributed by atoms with Crippen molar-refractivity contribution in [1.29, 1.82) is 0 Å². The van der Waals surface area contributed by atoms with Gasteiger partial charge in [0.1, 0.15) is 0 Å². The zero-order valence-electron chi connectivity index (χ0n) is 7.40. The smallest absolute Gasteiger partial charge is 0.0951 e. The number of nitrogens with one attached hydrogen (secondary N) is 1. The van der Waals surface area contributed by atoms with Gasteiger partial charge in [0, 0.05) is 12.2 Å². The topological polar surface area (TPSA) is 60.4 Å². The molecule has 1 fully saturated rings. The van der Waals surface area contributed by atoms with Crippen LogP contribution in [0.15, 0.2) is 23.0 Å². The van der Waals surface area contributed by atoms with Gasteiger partial charge in [-0.3, -0.25) is 11.3 Å². The number of rotatable bonds is 3. The maximum atomic E-state index is 5.55. The Hall–Kier alpha value is -0.840. The van der Waals surface area contributed by atoms with Crippen LogP contribution >= 0.6 is 0 Å². The third kappa shape index (κ3) is 1.75. The highest BCUT2D eigenvalue weighted by atomic mass is 16.5. The van der Waals surface area contributed by atoms with E-state index in [0.29, 0.717) is 0 Å². The standard InChI is InChI=1S/C9H14N2O2/c10-11-9(7-3-5-12-6-7)8-2-1-4-13-8/h3,5-6,8-9,11H,1-2,4,10H2. The van der Waals surface area contributed by atoms with E-state index in [-0.39, 0.29) is 12.1 Å². The van der Waals surface area contributed by atoms with Crippen LogP contribution < -0.4 is 11.3 Å². The van der Waals surface area contributed by atoms with E-state index in [9.17, 15) is 0 Å². The Labute approximate surface area is 77.0 Å². The highest BCUT2D eigenvalue weighted by molar-refractivity contribution is 5.13. The van der Waals surface area contributed by atoms with E-state index >= 15 is 0 Å². The van der Waals surface area contributed by atoms with Crippen molar-refractivity contribution in [3.8, 4) is 0 Å². The van der Waals surface area contributed by atoms with Crippen LogP contribution in [-0.2, 0) is 4.74 Å². The maximum Gasteiger partial charge on any atom is 0.0951 e. The minimum absolute atomic E-state index is 0.0567. The molecule has 3 N–H and O–H groups in total. The van der Waals surface area contributed by atoms with Crippen LogP contribution in [0.1, 0.15) is 24.4 Å². The lowest BCUT2D eigenvalue weighted by molar-refractivity contribution is 0.0781. The molecular formula is C9H14N2O2. The van der Waals surface area contributed by atoms with Gasteiger partial charge in [-0.05, 0) is 18.9 Å². The molecule has 0 aliphatic carbocycles. The molecule has 0 bridgehead atoms. The number of hydrogen-bond acceptors (Lipinski definition) is 4. The lowest BCUT2D eigenvalue weighted by Crippen LogP contribution is -2.36.